The van der Waals surface area contributed by atoms with Crippen LogP contribution < -0.4 is 4.74 Å². The van der Waals surface area contributed by atoms with Gasteiger partial charge < -0.3 is 9.84 Å². The molecule has 4 saturated carbocycles. The summed E-state index contributed by atoms with van der Waals surface area (Å²) >= 11 is 4.11. The number of allylic oxidation sites excluding steroid dienone is 1. The Labute approximate surface area is 220 Å². The van der Waals surface area contributed by atoms with Crippen molar-refractivity contribution in [2.45, 2.75) is 84.7 Å². The Balaban J connectivity index is 0.00000124. The third kappa shape index (κ3) is 3.13. The molecule has 3 nitrogen and oxygen atoms in total. The van der Waals surface area contributed by atoms with Crippen molar-refractivity contribution in [3.63, 3.8) is 0 Å². The van der Waals surface area contributed by atoms with Crippen molar-refractivity contribution in [2.24, 2.45) is 27.6 Å². The van der Waals surface area contributed by atoms with E-state index >= 15 is 0 Å². The van der Waals surface area contributed by atoms with E-state index in [-0.39, 0.29) is 27.8 Å². The molecule has 0 bridgehead atoms. The molecule has 1 aromatic rings. The smallest absolute Gasteiger partial charge is 0.155 e. The first-order valence-electron chi connectivity index (χ1n) is 13.4. The molecule has 5 aliphatic rings. The number of aliphatic hydroxyl groups is 1. The molecular weight excluding hydrogens is 472 g/mol. The highest BCUT2D eigenvalue weighted by Gasteiger charge is 2.94. The third-order valence-corrected chi connectivity index (χ3v) is 11.5. The Morgan fingerprint density at radius 3 is 2.60 bits per heavy atom. The molecule has 6 rings (SSSR count). The molecule has 0 heterocycles. The summed E-state index contributed by atoms with van der Waals surface area (Å²) in [6.07, 6.45) is 10.7. The molecule has 35 heavy (non-hydrogen) atoms. The lowest BCUT2D eigenvalue weighted by Crippen LogP contribution is -2.42. The van der Waals surface area contributed by atoms with Gasteiger partial charge in [0, 0.05) is 11.8 Å². The molecule has 4 fully saturated rings. The zero-order valence-corrected chi connectivity index (χ0v) is 23.3. The van der Waals surface area contributed by atoms with Gasteiger partial charge in [-0.2, -0.15) is 0 Å². The van der Waals surface area contributed by atoms with Gasteiger partial charge in [-0.15, -0.1) is 11.7 Å². The van der Waals surface area contributed by atoms with E-state index in [1.807, 2.05) is 31.4 Å². The number of hydrogen-bond donors (Lipinski definition) is 2. The number of fused-ring (bicyclic) bond motifs is 1. The molecule has 0 aromatic heterocycles. The molecule has 5 aliphatic carbocycles. The summed E-state index contributed by atoms with van der Waals surface area (Å²) in [4.78, 5) is 12.4. The Hall–Kier alpha value is -1.17. The molecule has 2 spiro atoms. The largest absolute Gasteiger partial charge is 0.490 e. The fraction of sp³-hybridized carbons (Fsp3) is 0.633. The fourth-order valence-corrected chi connectivity index (χ4v) is 10.3. The Morgan fingerprint density at radius 1 is 1.14 bits per heavy atom. The predicted octanol–water partition coefficient (Wildman–Crippen LogP) is 7.52. The lowest BCUT2D eigenvalue weighted by Gasteiger charge is -2.50. The summed E-state index contributed by atoms with van der Waals surface area (Å²) in [5.41, 5.74) is 3.17. The van der Waals surface area contributed by atoms with Gasteiger partial charge in [-0.25, -0.2) is 0 Å². The first-order valence-corrected chi connectivity index (χ1v) is 15.4. The molecule has 7 unspecified atom stereocenters. The summed E-state index contributed by atoms with van der Waals surface area (Å²) in [6, 6.07) is 8.75. The zero-order chi connectivity index (χ0) is 25.1. The minimum Gasteiger partial charge on any atom is -0.490 e. The average molecular weight is 513 g/mol. The SMILES string of the molecule is CC.CC12CCC(=O)C=C1CCC1C34CCC(O)C3(C)CC(c3ccc(OC/C=C/SS)cc3)C124. The van der Waals surface area contributed by atoms with E-state index in [0.29, 0.717) is 30.6 Å². The molecule has 0 aliphatic heterocycles. The van der Waals surface area contributed by atoms with E-state index in [9.17, 15) is 9.90 Å². The van der Waals surface area contributed by atoms with Crippen LogP contribution in [0.4, 0.5) is 0 Å². The molecule has 7 atom stereocenters. The number of carbonyl (C=O) groups excluding carboxylic acids is 1. The number of rotatable bonds is 5. The number of thiol groups is 1. The topological polar surface area (TPSA) is 46.5 Å². The van der Waals surface area contributed by atoms with Gasteiger partial charge in [0.25, 0.3) is 0 Å². The average Bonchev–Trinajstić information content (AvgIpc) is 3.31. The van der Waals surface area contributed by atoms with Crippen molar-refractivity contribution in [3.05, 3.63) is 53.0 Å². The molecule has 0 amide bonds. The first kappa shape index (κ1) is 25.5. The van der Waals surface area contributed by atoms with Crippen molar-refractivity contribution in [1.82, 2.24) is 0 Å². The summed E-state index contributed by atoms with van der Waals surface area (Å²) < 4.78 is 5.87. The summed E-state index contributed by atoms with van der Waals surface area (Å²) in [5.74, 6) is 2.26. The van der Waals surface area contributed by atoms with Crippen LogP contribution in [0.3, 0.4) is 0 Å². The highest BCUT2D eigenvalue weighted by Crippen LogP contribution is 2.98. The Kier molecular flexibility index (Phi) is 6.54. The summed E-state index contributed by atoms with van der Waals surface area (Å²) in [6.45, 7) is 9.39. The van der Waals surface area contributed by atoms with Crippen LogP contribution in [0, 0.1) is 27.6 Å². The van der Waals surface area contributed by atoms with Crippen molar-refractivity contribution in [1.29, 1.82) is 0 Å². The van der Waals surface area contributed by atoms with Gasteiger partial charge in [0.2, 0.25) is 0 Å². The maximum atomic E-state index is 12.4. The Morgan fingerprint density at radius 2 is 1.89 bits per heavy atom. The molecule has 1 N–H and O–H groups in total. The van der Waals surface area contributed by atoms with E-state index in [2.05, 4.69) is 49.8 Å². The summed E-state index contributed by atoms with van der Waals surface area (Å²) in [7, 11) is 1.37. The van der Waals surface area contributed by atoms with Gasteiger partial charge in [0.1, 0.15) is 12.4 Å². The molecule has 0 saturated heterocycles. The lowest BCUT2D eigenvalue weighted by atomic mass is 9.54. The maximum absolute atomic E-state index is 12.4. The van der Waals surface area contributed by atoms with Crippen molar-refractivity contribution < 1.29 is 14.6 Å². The predicted molar refractivity (Wildman–Crippen MR) is 148 cm³/mol. The van der Waals surface area contributed by atoms with E-state index in [0.717, 1.165) is 37.9 Å². The van der Waals surface area contributed by atoms with Crippen LogP contribution in [0.1, 0.15) is 84.1 Å². The number of benzene rings is 1. The maximum Gasteiger partial charge on any atom is 0.155 e. The van der Waals surface area contributed by atoms with Crippen LogP contribution in [0.2, 0.25) is 0 Å². The minimum absolute atomic E-state index is 0.0350. The third-order valence-electron chi connectivity index (χ3n) is 10.9. The molecule has 5 heteroatoms. The van der Waals surface area contributed by atoms with Crippen LogP contribution >= 0.6 is 22.5 Å². The monoisotopic (exact) mass is 512 g/mol. The second-order valence-electron chi connectivity index (χ2n) is 11.5. The molecule has 1 aromatic carbocycles. The van der Waals surface area contributed by atoms with Crippen LogP contribution in [0.25, 0.3) is 0 Å². The number of ketones is 1. The van der Waals surface area contributed by atoms with Crippen LogP contribution in [0.15, 0.2) is 47.4 Å². The quantitative estimate of drug-likeness (QED) is 0.316. The number of hydrogen-bond acceptors (Lipinski definition) is 5. The standard InChI is InChI=1S/C28H34O3S2.C2H6/c1-25-12-10-20(29)16-19(25)6-9-23-27-13-11-24(30)26(27,2)17-22(28(23,25)27)18-4-7-21(8-5-18)31-14-3-15-33-32;1-2/h3-5,7-8,15-16,22-24,30,32H,6,9-14,17H2,1-2H3;1-2H3/b15-3+;. The van der Waals surface area contributed by atoms with Gasteiger partial charge >= 0.3 is 0 Å². The first-order chi connectivity index (χ1) is 16.8. The zero-order valence-electron chi connectivity index (χ0n) is 21.5. The second kappa shape index (κ2) is 8.99. The van der Waals surface area contributed by atoms with Crippen molar-refractivity contribution >= 4 is 28.2 Å². The highest BCUT2D eigenvalue weighted by atomic mass is 33.1. The van der Waals surface area contributed by atoms with Gasteiger partial charge in [-0.3, -0.25) is 4.79 Å². The van der Waals surface area contributed by atoms with Crippen LogP contribution in [-0.2, 0) is 4.79 Å². The van der Waals surface area contributed by atoms with Crippen molar-refractivity contribution in [3.8, 4) is 5.75 Å². The molecule has 190 valence electrons. The van der Waals surface area contributed by atoms with Crippen molar-refractivity contribution in [2.75, 3.05) is 6.61 Å². The van der Waals surface area contributed by atoms with E-state index in [4.69, 9.17) is 4.74 Å². The van der Waals surface area contributed by atoms with E-state index in [1.54, 1.807) is 0 Å². The second-order valence-corrected chi connectivity index (χ2v) is 12.6. The number of carbonyl (C=O) groups is 1. The van der Waals surface area contributed by atoms with E-state index in [1.165, 1.54) is 28.4 Å². The molecular formula is C30H40O3S2. The van der Waals surface area contributed by atoms with Crippen LogP contribution in [-0.4, -0.2) is 23.6 Å². The minimum atomic E-state index is -0.217. The van der Waals surface area contributed by atoms with Gasteiger partial charge in [0.05, 0.1) is 6.10 Å². The molecule has 0 radical (unpaired) electrons. The lowest BCUT2D eigenvalue weighted by molar-refractivity contribution is -0.116. The van der Waals surface area contributed by atoms with Gasteiger partial charge in [-0.1, -0.05) is 56.2 Å². The highest BCUT2D eigenvalue weighted by molar-refractivity contribution is 8.69. The normalized spacial score (nSPS) is 42.9. The van der Waals surface area contributed by atoms with Gasteiger partial charge in [0.15, 0.2) is 5.78 Å². The number of ether oxygens (including phenoxy) is 1. The van der Waals surface area contributed by atoms with Crippen LogP contribution in [0.5, 0.6) is 5.75 Å². The fourth-order valence-electron chi connectivity index (χ4n) is 9.84. The van der Waals surface area contributed by atoms with Gasteiger partial charge in [-0.05, 0) is 102 Å². The number of aliphatic hydroxyl groups excluding tert-OH is 1. The summed E-state index contributed by atoms with van der Waals surface area (Å²) in [5, 5.41) is 13.2. The Bertz CT molecular complexity index is 1050. The van der Waals surface area contributed by atoms with E-state index < -0.39 is 0 Å².